The summed E-state index contributed by atoms with van der Waals surface area (Å²) in [5, 5.41) is 0.617. The minimum absolute atomic E-state index is 0.156. The summed E-state index contributed by atoms with van der Waals surface area (Å²) in [6.07, 6.45) is 2.64. The van der Waals surface area contributed by atoms with Gasteiger partial charge in [-0.1, -0.05) is 23.7 Å². The molecule has 1 aromatic rings. The third-order valence-corrected chi connectivity index (χ3v) is 3.37. The maximum Gasteiger partial charge on any atom is 0.164 e. The van der Waals surface area contributed by atoms with Crippen molar-refractivity contribution in [1.82, 2.24) is 4.90 Å². The zero-order valence-corrected chi connectivity index (χ0v) is 11.9. The number of rotatable bonds is 7. The molecule has 2 nitrogen and oxygen atoms in total. The molecule has 0 heterocycles. The maximum atomic E-state index is 11.9. The van der Waals surface area contributed by atoms with Crippen LogP contribution in [-0.4, -0.2) is 42.8 Å². The van der Waals surface area contributed by atoms with E-state index in [1.165, 1.54) is 0 Å². The molecule has 0 unspecified atom stereocenters. The Kier molecular flexibility index (Phi) is 6.63. The number of carbonyl (C=O) groups is 1. The fourth-order valence-electron chi connectivity index (χ4n) is 1.46. The molecule has 0 amide bonds. The van der Waals surface area contributed by atoms with Gasteiger partial charge in [0, 0.05) is 35.8 Å². The first-order chi connectivity index (χ1) is 8.13. The summed E-state index contributed by atoms with van der Waals surface area (Å²) >= 11 is 7.67. The number of benzene rings is 1. The van der Waals surface area contributed by atoms with Gasteiger partial charge < -0.3 is 4.90 Å². The third-order valence-electron chi connectivity index (χ3n) is 2.54. The van der Waals surface area contributed by atoms with Crippen LogP contribution < -0.4 is 0 Å². The Hall–Kier alpha value is -0.510. The topological polar surface area (TPSA) is 20.3 Å². The smallest absolute Gasteiger partial charge is 0.164 e. The van der Waals surface area contributed by atoms with E-state index in [0.29, 0.717) is 17.0 Å². The molecule has 0 spiro atoms. The molecule has 0 saturated heterocycles. The minimum Gasteiger partial charge on any atom is -0.305 e. The summed E-state index contributed by atoms with van der Waals surface area (Å²) < 4.78 is 0. The number of halogens is 1. The van der Waals surface area contributed by atoms with Crippen molar-refractivity contribution in [1.29, 1.82) is 0 Å². The summed E-state index contributed by atoms with van der Waals surface area (Å²) in [6.45, 7) is 1.82. The lowest BCUT2D eigenvalue weighted by Crippen LogP contribution is -2.24. The van der Waals surface area contributed by atoms with Gasteiger partial charge in [0.05, 0.1) is 0 Å². The van der Waals surface area contributed by atoms with E-state index >= 15 is 0 Å². The molecule has 0 atom stereocenters. The van der Waals surface area contributed by atoms with E-state index in [-0.39, 0.29) is 5.78 Å². The zero-order valence-electron chi connectivity index (χ0n) is 10.3. The van der Waals surface area contributed by atoms with Crippen LogP contribution in [0, 0.1) is 0 Å². The first-order valence-corrected chi connectivity index (χ1v) is 7.37. The van der Waals surface area contributed by atoms with E-state index in [0.717, 1.165) is 18.8 Å². The van der Waals surface area contributed by atoms with Crippen LogP contribution in [0.4, 0.5) is 0 Å². The van der Waals surface area contributed by atoms with Gasteiger partial charge in [0.2, 0.25) is 0 Å². The number of Topliss-reactive ketones (excluding diaryl/α,β-unsaturated/α-hetero) is 1. The Morgan fingerprint density at radius 1 is 1.41 bits per heavy atom. The van der Waals surface area contributed by atoms with Crippen LogP contribution in [-0.2, 0) is 0 Å². The molecule has 94 valence electrons. The SMILES string of the molecule is CSCCN(C)CCC(=O)c1cccc(Cl)c1. The van der Waals surface area contributed by atoms with Gasteiger partial charge in [-0.05, 0) is 25.4 Å². The molecular formula is C13H18ClNOS. The first-order valence-electron chi connectivity index (χ1n) is 5.59. The first kappa shape index (κ1) is 14.6. The van der Waals surface area contributed by atoms with E-state index in [4.69, 9.17) is 11.6 Å². The largest absolute Gasteiger partial charge is 0.305 e. The molecule has 0 N–H and O–H groups in total. The lowest BCUT2D eigenvalue weighted by atomic mass is 10.1. The molecular weight excluding hydrogens is 254 g/mol. The van der Waals surface area contributed by atoms with Gasteiger partial charge >= 0.3 is 0 Å². The lowest BCUT2D eigenvalue weighted by Gasteiger charge is -2.15. The average molecular weight is 272 g/mol. The van der Waals surface area contributed by atoms with Crippen molar-refractivity contribution in [3.63, 3.8) is 0 Å². The summed E-state index contributed by atoms with van der Waals surface area (Å²) in [5.74, 6) is 1.26. The van der Waals surface area contributed by atoms with E-state index in [1.807, 2.05) is 30.9 Å². The van der Waals surface area contributed by atoms with E-state index in [1.54, 1.807) is 12.1 Å². The number of ketones is 1. The van der Waals surface area contributed by atoms with Gasteiger partial charge in [0.25, 0.3) is 0 Å². The normalized spacial score (nSPS) is 10.8. The monoisotopic (exact) mass is 271 g/mol. The molecule has 0 bridgehead atoms. The Morgan fingerprint density at radius 3 is 2.82 bits per heavy atom. The van der Waals surface area contributed by atoms with Gasteiger partial charge in [-0.2, -0.15) is 11.8 Å². The molecule has 4 heteroatoms. The lowest BCUT2D eigenvalue weighted by molar-refractivity contribution is 0.0970. The second-order valence-corrected chi connectivity index (χ2v) is 5.40. The van der Waals surface area contributed by atoms with Gasteiger partial charge in [0.15, 0.2) is 5.78 Å². The highest BCUT2D eigenvalue weighted by molar-refractivity contribution is 7.98. The van der Waals surface area contributed by atoms with Crippen LogP contribution in [0.2, 0.25) is 5.02 Å². The molecule has 0 aliphatic rings. The van der Waals surface area contributed by atoms with E-state index in [9.17, 15) is 4.79 Å². The average Bonchev–Trinajstić information content (AvgIpc) is 2.33. The minimum atomic E-state index is 0.156. The number of carbonyl (C=O) groups excluding carboxylic acids is 1. The highest BCUT2D eigenvalue weighted by atomic mass is 35.5. The Balaban J connectivity index is 2.39. The van der Waals surface area contributed by atoms with Crippen molar-refractivity contribution in [3.8, 4) is 0 Å². The van der Waals surface area contributed by atoms with Crippen LogP contribution in [0.25, 0.3) is 0 Å². The second kappa shape index (κ2) is 7.75. The Labute approximate surface area is 112 Å². The predicted molar refractivity (Wildman–Crippen MR) is 76.3 cm³/mol. The van der Waals surface area contributed by atoms with Crippen LogP contribution in [0.3, 0.4) is 0 Å². The standard InChI is InChI=1S/C13H18ClNOS/c1-15(8-9-17-2)7-6-13(16)11-4-3-5-12(14)10-11/h3-5,10H,6-9H2,1-2H3. The van der Waals surface area contributed by atoms with E-state index < -0.39 is 0 Å². The molecule has 0 aliphatic heterocycles. The molecule has 1 aromatic carbocycles. The Morgan fingerprint density at radius 2 is 2.18 bits per heavy atom. The van der Waals surface area contributed by atoms with Crippen molar-refractivity contribution in [2.45, 2.75) is 6.42 Å². The van der Waals surface area contributed by atoms with Crippen molar-refractivity contribution >= 4 is 29.1 Å². The van der Waals surface area contributed by atoms with Crippen LogP contribution >= 0.6 is 23.4 Å². The number of thioether (sulfide) groups is 1. The molecule has 17 heavy (non-hydrogen) atoms. The molecule has 1 rings (SSSR count). The van der Waals surface area contributed by atoms with Crippen molar-refractivity contribution < 1.29 is 4.79 Å². The van der Waals surface area contributed by atoms with Crippen LogP contribution in [0.15, 0.2) is 24.3 Å². The second-order valence-electron chi connectivity index (χ2n) is 3.98. The highest BCUT2D eigenvalue weighted by Crippen LogP contribution is 2.12. The summed E-state index contributed by atoms with van der Waals surface area (Å²) in [5.41, 5.74) is 0.704. The van der Waals surface area contributed by atoms with Crippen molar-refractivity contribution in [3.05, 3.63) is 34.9 Å². The van der Waals surface area contributed by atoms with E-state index in [2.05, 4.69) is 11.2 Å². The molecule has 0 saturated carbocycles. The van der Waals surface area contributed by atoms with Crippen molar-refractivity contribution in [2.75, 3.05) is 32.1 Å². The fraction of sp³-hybridized carbons (Fsp3) is 0.462. The highest BCUT2D eigenvalue weighted by Gasteiger charge is 2.07. The zero-order chi connectivity index (χ0) is 12.7. The van der Waals surface area contributed by atoms with Gasteiger partial charge in [-0.25, -0.2) is 0 Å². The molecule has 0 radical (unpaired) electrons. The third kappa shape index (κ3) is 5.57. The fourth-order valence-corrected chi connectivity index (χ4v) is 2.14. The van der Waals surface area contributed by atoms with Crippen molar-refractivity contribution in [2.24, 2.45) is 0 Å². The molecule has 0 fully saturated rings. The van der Waals surface area contributed by atoms with Gasteiger partial charge in [-0.15, -0.1) is 0 Å². The quantitative estimate of drug-likeness (QED) is 0.711. The van der Waals surface area contributed by atoms with Gasteiger partial charge in [0.1, 0.15) is 0 Å². The molecule has 0 aliphatic carbocycles. The number of nitrogens with zero attached hydrogens (tertiary/aromatic N) is 1. The van der Waals surface area contributed by atoms with Gasteiger partial charge in [-0.3, -0.25) is 4.79 Å². The predicted octanol–water partition coefficient (Wildman–Crippen LogP) is 3.21. The maximum absolute atomic E-state index is 11.9. The van der Waals surface area contributed by atoms with Crippen LogP contribution in [0.5, 0.6) is 0 Å². The van der Waals surface area contributed by atoms with Crippen LogP contribution in [0.1, 0.15) is 16.8 Å². The summed E-state index contributed by atoms with van der Waals surface area (Å²) in [4.78, 5) is 14.1. The molecule has 0 aromatic heterocycles. The number of hydrogen-bond donors (Lipinski definition) is 0. The summed E-state index contributed by atoms with van der Waals surface area (Å²) in [6, 6.07) is 7.14. The Bertz CT molecular complexity index is 370. The summed E-state index contributed by atoms with van der Waals surface area (Å²) in [7, 11) is 2.04. The number of hydrogen-bond acceptors (Lipinski definition) is 3.